The Balaban J connectivity index is 1.53. The van der Waals surface area contributed by atoms with Crippen molar-refractivity contribution in [3.63, 3.8) is 0 Å². The molecule has 10 heteroatoms. The van der Waals surface area contributed by atoms with Gasteiger partial charge in [0.05, 0.1) is 21.6 Å². The standard InChI is InChI=1S/C21H19N3O5S2/c1-13-4-6-14(7-5-13)11-18-20(27)23(21(30)31-18)10-2-3-19(26)22-16-9-8-15(24(28)29)12-17(16)25/h4-9,11-12,25H,2-3,10H2,1H3,(H,22,26)/b18-11+. The summed E-state index contributed by atoms with van der Waals surface area (Å²) >= 11 is 6.53. The van der Waals surface area contributed by atoms with Crippen molar-refractivity contribution in [2.75, 3.05) is 11.9 Å². The second-order valence-corrected chi connectivity index (χ2v) is 8.53. The molecule has 160 valence electrons. The van der Waals surface area contributed by atoms with Gasteiger partial charge < -0.3 is 10.4 Å². The van der Waals surface area contributed by atoms with E-state index in [0.29, 0.717) is 15.6 Å². The molecule has 1 saturated heterocycles. The number of nitrogens with one attached hydrogen (secondary N) is 1. The molecule has 1 aliphatic heterocycles. The van der Waals surface area contributed by atoms with E-state index >= 15 is 0 Å². The van der Waals surface area contributed by atoms with Crippen molar-refractivity contribution in [3.05, 3.63) is 68.6 Å². The van der Waals surface area contributed by atoms with Crippen molar-refractivity contribution >= 4 is 57.6 Å². The fourth-order valence-corrected chi connectivity index (χ4v) is 4.17. The van der Waals surface area contributed by atoms with Crippen LogP contribution < -0.4 is 5.32 Å². The van der Waals surface area contributed by atoms with Crippen molar-refractivity contribution in [1.82, 2.24) is 4.90 Å². The highest BCUT2D eigenvalue weighted by Gasteiger charge is 2.31. The summed E-state index contributed by atoms with van der Waals surface area (Å²) in [6, 6.07) is 11.2. The van der Waals surface area contributed by atoms with Gasteiger partial charge in [-0.3, -0.25) is 24.6 Å². The van der Waals surface area contributed by atoms with Crippen LogP contribution in [-0.2, 0) is 9.59 Å². The van der Waals surface area contributed by atoms with Crippen LogP contribution in [0.2, 0.25) is 0 Å². The van der Waals surface area contributed by atoms with Gasteiger partial charge in [0.25, 0.3) is 11.6 Å². The number of phenols is 1. The molecule has 2 aromatic rings. The Morgan fingerprint density at radius 3 is 2.65 bits per heavy atom. The molecular formula is C21H19N3O5S2. The van der Waals surface area contributed by atoms with Crippen LogP contribution in [0.3, 0.4) is 0 Å². The Morgan fingerprint density at radius 1 is 1.29 bits per heavy atom. The zero-order valence-corrected chi connectivity index (χ0v) is 18.2. The van der Waals surface area contributed by atoms with Crippen LogP contribution in [0, 0.1) is 17.0 Å². The molecule has 0 spiro atoms. The van der Waals surface area contributed by atoms with Crippen molar-refractivity contribution in [2.24, 2.45) is 0 Å². The molecule has 0 unspecified atom stereocenters. The lowest BCUT2D eigenvalue weighted by Crippen LogP contribution is -2.29. The van der Waals surface area contributed by atoms with Crippen molar-refractivity contribution < 1.29 is 19.6 Å². The first-order valence-corrected chi connectivity index (χ1v) is 10.6. The lowest BCUT2D eigenvalue weighted by molar-refractivity contribution is -0.384. The molecule has 0 radical (unpaired) electrons. The summed E-state index contributed by atoms with van der Waals surface area (Å²) in [5.41, 5.74) is 1.85. The molecule has 3 rings (SSSR count). The highest BCUT2D eigenvalue weighted by Crippen LogP contribution is 2.33. The van der Waals surface area contributed by atoms with E-state index in [1.165, 1.54) is 28.8 Å². The third-order valence-electron chi connectivity index (χ3n) is 4.50. The molecule has 2 N–H and O–H groups in total. The number of carbonyl (C=O) groups is 2. The van der Waals surface area contributed by atoms with E-state index in [1.807, 2.05) is 31.2 Å². The highest BCUT2D eigenvalue weighted by molar-refractivity contribution is 8.26. The minimum Gasteiger partial charge on any atom is -0.506 e. The summed E-state index contributed by atoms with van der Waals surface area (Å²) in [5, 5.41) is 23.0. The maximum absolute atomic E-state index is 12.6. The molecule has 0 atom stereocenters. The number of aromatic hydroxyl groups is 1. The van der Waals surface area contributed by atoms with E-state index in [0.717, 1.165) is 17.2 Å². The molecule has 2 aromatic carbocycles. The number of carbonyl (C=O) groups excluding carboxylic acids is 2. The lowest BCUT2D eigenvalue weighted by atomic mass is 10.1. The van der Waals surface area contributed by atoms with Crippen molar-refractivity contribution in [3.8, 4) is 5.75 Å². The number of non-ortho nitro benzene ring substituents is 1. The largest absolute Gasteiger partial charge is 0.506 e. The average Bonchev–Trinajstić information content (AvgIpc) is 2.98. The summed E-state index contributed by atoms with van der Waals surface area (Å²) in [5.74, 6) is -0.963. The van der Waals surface area contributed by atoms with E-state index in [9.17, 15) is 24.8 Å². The van der Waals surface area contributed by atoms with E-state index in [-0.39, 0.29) is 41.9 Å². The van der Waals surface area contributed by atoms with Crippen LogP contribution in [0.1, 0.15) is 24.0 Å². The molecule has 1 fully saturated rings. The Labute approximate surface area is 188 Å². The number of phenolic OH excluding ortho intramolecular Hbond substituents is 1. The maximum Gasteiger partial charge on any atom is 0.273 e. The number of nitro groups is 1. The van der Waals surface area contributed by atoms with Gasteiger partial charge in [0.1, 0.15) is 10.1 Å². The van der Waals surface area contributed by atoms with E-state index in [1.54, 1.807) is 6.08 Å². The molecule has 1 heterocycles. The zero-order chi connectivity index (χ0) is 22.5. The lowest BCUT2D eigenvalue weighted by Gasteiger charge is -2.14. The average molecular weight is 458 g/mol. The molecule has 0 aliphatic carbocycles. The number of amides is 2. The van der Waals surface area contributed by atoms with E-state index in [2.05, 4.69) is 5.32 Å². The number of nitrogens with zero attached hydrogens (tertiary/aromatic N) is 2. The SMILES string of the molecule is Cc1ccc(/C=C2/SC(=S)N(CCCC(=O)Nc3ccc([N+](=O)[O-])cc3O)C2=O)cc1. The molecule has 0 saturated carbocycles. The van der Waals surface area contributed by atoms with Gasteiger partial charge in [-0.2, -0.15) is 0 Å². The third-order valence-corrected chi connectivity index (χ3v) is 5.88. The van der Waals surface area contributed by atoms with Crippen LogP contribution in [0.25, 0.3) is 6.08 Å². The number of nitro benzene ring substituents is 1. The van der Waals surface area contributed by atoms with E-state index < -0.39 is 4.92 Å². The number of benzene rings is 2. The number of rotatable bonds is 7. The Morgan fingerprint density at radius 2 is 2.00 bits per heavy atom. The summed E-state index contributed by atoms with van der Waals surface area (Å²) in [6.07, 6.45) is 2.25. The van der Waals surface area contributed by atoms with Gasteiger partial charge in [0.15, 0.2) is 0 Å². The molecular weight excluding hydrogens is 438 g/mol. The van der Waals surface area contributed by atoms with Gasteiger partial charge in [0.2, 0.25) is 5.91 Å². The second kappa shape index (κ2) is 9.71. The maximum atomic E-state index is 12.6. The monoisotopic (exact) mass is 457 g/mol. The number of thiocarbonyl (C=S) groups is 1. The highest BCUT2D eigenvalue weighted by atomic mass is 32.2. The van der Waals surface area contributed by atoms with Gasteiger partial charge >= 0.3 is 0 Å². The van der Waals surface area contributed by atoms with Gasteiger partial charge in [0, 0.05) is 19.0 Å². The predicted molar refractivity (Wildman–Crippen MR) is 124 cm³/mol. The first kappa shape index (κ1) is 22.4. The number of hydrogen-bond acceptors (Lipinski definition) is 7. The zero-order valence-electron chi connectivity index (χ0n) is 16.5. The number of aryl methyl sites for hydroxylation is 1. The Kier molecular flexibility index (Phi) is 7.03. The van der Waals surface area contributed by atoms with Gasteiger partial charge in [-0.05, 0) is 31.1 Å². The normalized spacial score (nSPS) is 14.9. The van der Waals surface area contributed by atoms with Crippen LogP contribution in [0.5, 0.6) is 5.75 Å². The van der Waals surface area contributed by atoms with Crippen molar-refractivity contribution in [2.45, 2.75) is 19.8 Å². The quantitative estimate of drug-likeness (QED) is 0.210. The van der Waals surface area contributed by atoms with Crippen LogP contribution in [0.15, 0.2) is 47.4 Å². The summed E-state index contributed by atoms with van der Waals surface area (Å²) in [6.45, 7) is 2.28. The first-order valence-electron chi connectivity index (χ1n) is 9.34. The molecule has 0 bridgehead atoms. The van der Waals surface area contributed by atoms with Gasteiger partial charge in [-0.1, -0.05) is 53.8 Å². The number of hydrogen-bond donors (Lipinski definition) is 2. The van der Waals surface area contributed by atoms with Crippen molar-refractivity contribution in [1.29, 1.82) is 0 Å². The Hall–Kier alpha value is -3.24. The fraction of sp³-hybridized carbons (Fsp3) is 0.190. The van der Waals surface area contributed by atoms with Gasteiger partial charge in [-0.25, -0.2) is 0 Å². The van der Waals surface area contributed by atoms with Crippen LogP contribution in [0.4, 0.5) is 11.4 Å². The fourth-order valence-electron chi connectivity index (χ4n) is 2.86. The Bertz CT molecular complexity index is 1080. The predicted octanol–water partition coefficient (Wildman–Crippen LogP) is 4.23. The van der Waals surface area contributed by atoms with Crippen LogP contribution >= 0.6 is 24.0 Å². The topological polar surface area (TPSA) is 113 Å². The smallest absolute Gasteiger partial charge is 0.273 e. The summed E-state index contributed by atoms with van der Waals surface area (Å²) in [7, 11) is 0. The number of thioether (sulfide) groups is 1. The van der Waals surface area contributed by atoms with Crippen LogP contribution in [-0.4, -0.2) is 37.6 Å². The first-order chi connectivity index (χ1) is 14.7. The minimum absolute atomic E-state index is 0.0854. The molecule has 8 nitrogen and oxygen atoms in total. The minimum atomic E-state index is -0.638. The third kappa shape index (κ3) is 5.68. The summed E-state index contributed by atoms with van der Waals surface area (Å²) < 4.78 is 0.441. The molecule has 0 aromatic heterocycles. The molecule has 31 heavy (non-hydrogen) atoms. The van der Waals surface area contributed by atoms with Gasteiger partial charge in [-0.15, -0.1) is 0 Å². The number of anilines is 1. The summed E-state index contributed by atoms with van der Waals surface area (Å²) in [4.78, 5) is 36.9. The second-order valence-electron chi connectivity index (χ2n) is 6.85. The molecule has 1 aliphatic rings. The molecule has 2 amide bonds. The van der Waals surface area contributed by atoms with E-state index in [4.69, 9.17) is 12.2 Å².